The molecule has 0 aromatic heterocycles. The molecular formula is C7H12. The topological polar surface area (TPSA) is 0 Å². The summed E-state index contributed by atoms with van der Waals surface area (Å²) in [5.74, 6) is 0. The van der Waals surface area contributed by atoms with Gasteiger partial charge in [0, 0.05) is 0 Å². The molecule has 40 valence electrons. The van der Waals surface area contributed by atoms with E-state index < -0.39 is 0 Å². The fourth-order valence-corrected chi connectivity index (χ4v) is 1.97. The molecule has 0 heteroatoms. The van der Waals surface area contributed by atoms with Crippen molar-refractivity contribution in [2.75, 3.05) is 0 Å². The van der Waals surface area contributed by atoms with Gasteiger partial charge in [-0.15, -0.1) is 0 Å². The van der Waals surface area contributed by atoms with Gasteiger partial charge in [0.2, 0.25) is 0 Å². The van der Waals surface area contributed by atoms with Crippen molar-refractivity contribution < 1.29 is 0 Å². The summed E-state index contributed by atoms with van der Waals surface area (Å²) in [6, 6.07) is 0. The van der Waals surface area contributed by atoms with Crippen LogP contribution in [0.3, 0.4) is 0 Å². The van der Waals surface area contributed by atoms with Crippen molar-refractivity contribution in [3.05, 3.63) is 0 Å². The second-order valence-corrected chi connectivity index (χ2v) is 3.80. The Morgan fingerprint density at radius 2 is 1.43 bits per heavy atom. The quantitative estimate of drug-likeness (QED) is 0.433. The molecule has 0 aliphatic heterocycles. The SMILES string of the molecule is CC12CCC1(C)C2. The second-order valence-electron chi connectivity index (χ2n) is 3.80. The smallest absolute Gasteiger partial charge is 0.0266 e. The van der Waals surface area contributed by atoms with Gasteiger partial charge >= 0.3 is 0 Å². The first-order chi connectivity index (χ1) is 3.16. The van der Waals surface area contributed by atoms with Crippen molar-refractivity contribution in [1.82, 2.24) is 0 Å². The van der Waals surface area contributed by atoms with E-state index in [0.717, 1.165) is 10.8 Å². The molecule has 0 amide bonds. The highest BCUT2D eigenvalue weighted by atomic mass is 14.7. The lowest BCUT2D eigenvalue weighted by Gasteiger charge is -2.28. The summed E-state index contributed by atoms with van der Waals surface area (Å²) in [5, 5.41) is 0. The maximum atomic E-state index is 2.41. The Bertz CT molecular complexity index is 103. The zero-order valence-electron chi connectivity index (χ0n) is 5.12. The first-order valence-corrected chi connectivity index (χ1v) is 3.16. The molecule has 2 fully saturated rings. The third-order valence-corrected chi connectivity index (χ3v) is 3.34. The molecule has 0 bridgehead atoms. The van der Waals surface area contributed by atoms with Crippen LogP contribution in [0.5, 0.6) is 0 Å². The van der Waals surface area contributed by atoms with Crippen LogP contribution >= 0.6 is 0 Å². The van der Waals surface area contributed by atoms with Gasteiger partial charge in [-0.1, -0.05) is 13.8 Å². The summed E-state index contributed by atoms with van der Waals surface area (Å²) >= 11 is 0. The van der Waals surface area contributed by atoms with E-state index in [2.05, 4.69) is 13.8 Å². The van der Waals surface area contributed by atoms with Crippen LogP contribution in [-0.2, 0) is 0 Å². The zero-order valence-corrected chi connectivity index (χ0v) is 5.12. The van der Waals surface area contributed by atoms with Crippen LogP contribution in [0.1, 0.15) is 33.1 Å². The molecule has 0 aromatic carbocycles. The van der Waals surface area contributed by atoms with Crippen molar-refractivity contribution >= 4 is 0 Å². The van der Waals surface area contributed by atoms with Crippen molar-refractivity contribution in [3.63, 3.8) is 0 Å². The molecule has 0 radical (unpaired) electrons. The Balaban J connectivity index is 2.26. The highest BCUT2D eigenvalue weighted by molar-refractivity contribution is 5.17. The predicted octanol–water partition coefficient (Wildman–Crippen LogP) is 2.20. The molecule has 2 saturated carbocycles. The third-order valence-electron chi connectivity index (χ3n) is 3.34. The first-order valence-electron chi connectivity index (χ1n) is 3.16. The predicted molar refractivity (Wildman–Crippen MR) is 30.1 cm³/mol. The maximum Gasteiger partial charge on any atom is -0.0266 e. The molecule has 2 rings (SSSR count). The van der Waals surface area contributed by atoms with Gasteiger partial charge in [-0.25, -0.2) is 0 Å². The summed E-state index contributed by atoms with van der Waals surface area (Å²) < 4.78 is 0. The van der Waals surface area contributed by atoms with Crippen LogP contribution in [0.25, 0.3) is 0 Å². The zero-order chi connectivity index (χ0) is 5.12. The molecule has 2 aliphatic carbocycles. The molecule has 7 heavy (non-hydrogen) atoms. The Morgan fingerprint density at radius 3 is 1.43 bits per heavy atom. The Morgan fingerprint density at radius 1 is 1.00 bits per heavy atom. The van der Waals surface area contributed by atoms with Gasteiger partial charge in [0.05, 0.1) is 0 Å². The van der Waals surface area contributed by atoms with Gasteiger partial charge in [0.1, 0.15) is 0 Å². The van der Waals surface area contributed by atoms with E-state index in [1.807, 2.05) is 0 Å². The number of fused-ring (bicyclic) bond motifs is 1. The first kappa shape index (κ1) is 3.94. The minimum Gasteiger partial charge on any atom is -0.0591 e. The summed E-state index contributed by atoms with van der Waals surface area (Å²) in [7, 11) is 0. The molecule has 0 aromatic rings. The lowest BCUT2D eigenvalue weighted by Crippen LogP contribution is -2.18. The van der Waals surface area contributed by atoms with Crippen molar-refractivity contribution in [2.45, 2.75) is 33.1 Å². The molecule has 0 spiro atoms. The summed E-state index contributed by atoms with van der Waals surface area (Å²) in [5.41, 5.74) is 1.65. The molecule has 2 atom stereocenters. The van der Waals surface area contributed by atoms with Crippen LogP contribution in [0.15, 0.2) is 0 Å². The van der Waals surface area contributed by atoms with Gasteiger partial charge < -0.3 is 0 Å². The van der Waals surface area contributed by atoms with Crippen LogP contribution in [0.4, 0.5) is 0 Å². The fraction of sp³-hybridized carbons (Fsp3) is 1.00. The van der Waals surface area contributed by atoms with Gasteiger partial charge in [-0.3, -0.25) is 0 Å². The molecular weight excluding hydrogens is 84.1 g/mol. The Kier molecular flexibility index (Phi) is 0.375. The van der Waals surface area contributed by atoms with Crippen LogP contribution < -0.4 is 0 Å². The van der Waals surface area contributed by atoms with Gasteiger partial charge in [0.15, 0.2) is 0 Å². The molecule has 0 nitrogen and oxygen atoms in total. The second kappa shape index (κ2) is 0.667. The summed E-state index contributed by atoms with van der Waals surface area (Å²) in [6.07, 6.45) is 4.52. The van der Waals surface area contributed by atoms with E-state index in [-0.39, 0.29) is 0 Å². The van der Waals surface area contributed by atoms with Crippen molar-refractivity contribution in [1.29, 1.82) is 0 Å². The van der Waals surface area contributed by atoms with E-state index in [1.54, 1.807) is 0 Å². The van der Waals surface area contributed by atoms with Gasteiger partial charge in [-0.2, -0.15) is 0 Å². The van der Waals surface area contributed by atoms with Crippen molar-refractivity contribution in [2.24, 2.45) is 10.8 Å². The van der Waals surface area contributed by atoms with E-state index in [4.69, 9.17) is 0 Å². The lowest BCUT2D eigenvalue weighted by molar-refractivity contribution is 0.219. The maximum absolute atomic E-state index is 2.41. The normalized spacial score (nSPS) is 66.0. The van der Waals surface area contributed by atoms with E-state index in [1.165, 1.54) is 19.3 Å². The van der Waals surface area contributed by atoms with Crippen LogP contribution in [0.2, 0.25) is 0 Å². The molecule has 0 heterocycles. The van der Waals surface area contributed by atoms with Gasteiger partial charge in [-0.05, 0) is 30.1 Å². The fourth-order valence-electron chi connectivity index (χ4n) is 1.97. The third kappa shape index (κ3) is 0.240. The largest absolute Gasteiger partial charge is 0.0591 e. The average Bonchev–Trinajstić information content (AvgIpc) is 1.89. The standard InChI is InChI=1S/C7H12/c1-6-3-4-7(6,2)5-6/h3-5H2,1-2H3. The summed E-state index contributed by atoms with van der Waals surface area (Å²) in [6.45, 7) is 4.83. The number of hydrogen-bond donors (Lipinski definition) is 0. The van der Waals surface area contributed by atoms with E-state index in [0.29, 0.717) is 0 Å². The van der Waals surface area contributed by atoms with E-state index in [9.17, 15) is 0 Å². The van der Waals surface area contributed by atoms with Crippen LogP contribution in [-0.4, -0.2) is 0 Å². The monoisotopic (exact) mass is 96.1 g/mol. The van der Waals surface area contributed by atoms with Gasteiger partial charge in [0.25, 0.3) is 0 Å². The molecule has 2 unspecified atom stereocenters. The highest BCUT2D eigenvalue weighted by Gasteiger charge is 2.67. The number of rotatable bonds is 0. The molecule has 0 saturated heterocycles. The Labute approximate surface area is 44.9 Å². The molecule has 0 N–H and O–H groups in total. The lowest BCUT2D eigenvalue weighted by atomic mass is 9.77. The highest BCUT2D eigenvalue weighted by Crippen LogP contribution is 2.77. The number of hydrogen-bond acceptors (Lipinski definition) is 0. The van der Waals surface area contributed by atoms with Crippen LogP contribution in [0, 0.1) is 10.8 Å². The average molecular weight is 96.2 g/mol. The minimum absolute atomic E-state index is 0.826. The Hall–Kier alpha value is 0. The van der Waals surface area contributed by atoms with Crippen molar-refractivity contribution in [3.8, 4) is 0 Å². The van der Waals surface area contributed by atoms with E-state index >= 15 is 0 Å². The minimum atomic E-state index is 0.826. The summed E-state index contributed by atoms with van der Waals surface area (Å²) in [4.78, 5) is 0. The molecule has 2 aliphatic rings.